The molecule has 2 aromatic carbocycles. The number of anilines is 1. The molecule has 0 radical (unpaired) electrons. The summed E-state index contributed by atoms with van der Waals surface area (Å²) < 4.78 is 4.52. The van der Waals surface area contributed by atoms with Crippen LogP contribution >= 0.6 is 0 Å². The van der Waals surface area contributed by atoms with Crippen LogP contribution in [0.15, 0.2) is 52.7 Å². The highest BCUT2D eigenvalue weighted by molar-refractivity contribution is 5.75. The van der Waals surface area contributed by atoms with Crippen molar-refractivity contribution in [1.29, 1.82) is 10.5 Å². The highest BCUT2D eigenvalue weighted by Crippen LogP contribution is 2.27. The fraction of sp³-hybridized carbons (Fsp3) is 0.250. The Morgan fingerprint density at radius 3 is 2.55 bits per heavy atom. The summed E-state index contributed by atoms with van der Waals surface area (Å²) in [5.74, 6) is -0.774. The average Bonchev–Trinajstić information content (AvgIpc) is 2.79. The molecular weight excluding hydrogens is 404 g/mol. The summed E-state index contributed by atoms with van der Waals surface area (Å²) in [5.41, 5.74) is 1.08. The Bertz CT molecular complexity index is 1060. The summed E-state index contributed by atoms with van der Waals surface area (Å²) in [7, 11) is 1.17. The summed E-state index contributed by atoms with van der Waals surface area (Å²) in [4.78, 5) is 23.4. The molecule has 11 heteroatoms. The maximum atomic E-state index is 11.5. The van der Waals surface area contributed by atoms with Gasteiger partial charge in [0.2, 0.25) is 0 Å². The lowest BCUT2D eigenvalue weighted by atomic mass is 10.2. The van der Waals surface area contributed by atoms with Gasteiger partial charge in [-0.05, 0) is 30.3 Å². The minimum absolute atomic E-state index is 0.0223. The first kappa shape index (κ1) is 22.9. The molecule has 2 rings (SSSR count). The second kappa shape index (κ2) is 11.0. The molecular formula is C20H18N6O5. The SMILES string of the molecule is COC(=O)C(O)CN(CCC#N)c1ccc(N=Nc2ccc([N+](=O)[O-])cc2C#N)cc1. The zero-order valence-electron chi connectivity index (χ0n) is 16.5. The van der Waals surface area contributed by atoms with Crippen LogP contribution in [-0.2, 0) is 9.53 Å². The number of ether oxygens (including phenoxy) is 1. The topological polar surface area (TPSA) is 165 Å². The molecule has 31 heavy (non-hydrogen) atoms. The van der Waals surface area contributed by atoms with Gasteiger partial charge in [-0.15, -0.1) is 5.11 Å². The molecule has 1 atom stereocenters. The number of carbonyl (C=O) groups is 1. The van der Waals surface area contributed by atoms with Crippen molar-refractivity contribution in [3.05, 3.63) is 58.1 Å². The number of hydrogen-bond acceptors (Lipinski definition) is 10. The zero-order chi connectivity index (χ0) is 22.8. The Labute approximate surface area is 177 Å². The van der Waals surface area contributed by atoms with Gasteiger partial charge < -0.3 is 14.7 Å². The van der Waals surface area contributed by atoms with Crippen molar-refractivity contribution in [3.8, 4) is 12.1 Å². The van der Waals surface area contributed by atoms with Crippen LogP contribution in [0.25, 0.3) is 0 Å². The van der Waals surface area contributed by atoms with Gasteiger partial charge in [-0.2, -0.15) is 15.6 Å². The molecule has 0 aromatic heterocycles. The lowest BCUT2D eigenvalue weighted by Gasteiger charge is -2.25. The van der Waals surface area contributed by atoms with E-state index in [0.29, 0.717) is 17.9 Å². The number of aliphatic hydroxyl groups is 1. The minimum Gasteiger partial charge on any atom is -0.467 e. The first-order chi connectivity index (χ1) is 14.9. The van der Waals surface area contributed by atoms with E-state index >= 15 is 0 Å². The Morgan fingerprint density at radius 1 is 1.26 bits per heavy atom. The fourth-order valence-electron chi connectivity index (χ4n) is 2.59. The van der Waals surface area contributed by atoms with E-state index < -0.39 is 17.0 Å². The van der Waals surface area contributed by atoms with E-state index in [2.05, 4.69) is 15.0 Å². The molecule has 0 fully saturated rings. The van der Waals surface area contributed by atoms with Gasteiger partial charge in [-0.1, -0.05) is 0 Å². The molecule has 11 nitrogen and oxygen atoms in total. The van der Waals surface area contributed by atoms with E-state index in [0.717, 1.165) is 6.07 Å². The largest absolute Gasteiger partial charge is 0.467 e. The van der Waals surface area contributed by atoms with Gasteiger partial charge in [0.05, 0.1) is 42.3 Å². The van der Waals surface area contributed by atoms with Crippen LogP contribution in [0.5, 0.6) is 0 Å². The maximum absolute atomic E-state index is 11.5. The maximum Gasteiger partial charge on any atom is 0.336 e. The number of carbonyl (C=O) groups excluding carboxylic acids is 1. The van der Waals surface area contributed by atoms with Gasteiger partial charge >= 0.3 is 5.97 Å². The lowest BCUT2D eigenvalue weighted by molar-refractivity contribution is -0.384. The summed E-state index contributed by atoms with van der Waals surface area (Å²) in [5, 5.41) is 46.7. The van der Waals surface area contributed by atoms with Crippen LogP contribution in [0.3, 0.4) is 0 Å². The van der Waals surface area contributed by atoms with Gasteiger partial charge in [-0.25, -0.2) is 4.79 Å². The number of esters is 1. The number of nitrogens with zero attached hydrogens (tertiary/aromatic N) is 6. The van der Waals surface area contributed by atoms with Gasteiger partial charge in [0.25, 0.3) is 5.69 Å². The molecule has 0 aliphatic heterocycles. The first-order valence-electron chi connectivity index (χ1n) is 8.97. The average molecular weight is 422 g/mol. The second-order valence-corrected chi connectivity index (χ2v) is 6.18. The van der Waals surface area contributed by atoms with E-state index in [1.54, 1.807) is 29.2 Å². The van der Waals surface area contributed by atoms with Crippen molar-refractivity contribution in [2.45, 2.75) is 12.5 Å². The molecule has 0 heterocycles. The molecule has 1 N–H and O–H groups in total. The Hall–Kier alpha value is -4.35. The smallest absolute Gasteiger partial charge is 0.336 e. The van der Waals surface area contributed by atoms with Crippen LogP contribution in [-0.4, -0.2) is 42.3 Å². The summed E-state index contributed by atoms with van der Waals surface area (Å²) >= 11 is 0. The zero-order valence-corrected chi connectivity index (χ0v) is 16.5. The Morgan fingerprint density at radius 2 is 1.97 bits per heavy atom. The molecule has 0 aliphatic carbocycles. The molecule has 0 saturated carbocycles. The summed E-state index contributed by atoms with van der Waals surface area (Å²) in [6, 6.07) is 14.2. The van der Waals surface area contributed by atoms with E-state index in [1.807, 2.05) is 12.1 Å². The molecule has 0 bridgehead atoms. The van der Waals surface area contributed by atoms with Crippen molar-refractivity contribution in [2.24, 2.45) is 10.2 Å². The third-order valence-corrected chi connectivity index (χ3v) is 4.16. The van der Waals surface area contributed by atoms with Crippen LogP contribution in [0.1, 0.15) is 12.0 Å². The quantitative estimate of drug-likeness (QED) is 0.278. The van der Waals surface area contributed by atoms with Crippen LogP contribution in [0.2, 0.25) is 0 Å². The monoisotopic (exact) mass is 422 g/mol. The molecule has 0 aliphatic rings. The number of non-ortho nitro benzene ring substituents is 1. The Balaban J connectivity index is 2.19. The molecule has 0 saturated heterocycles. The number of aliphatic hydroxyl groups excluding tert-OH is 1. The van der Waals surface area contributed by atoms with E-state index in [9.17, 15) is 20.0 Å². The third kappa shape index (κ3) is 6.32. The van der Waals surface area contributed by atoms with Gasteiger partial charge in [0, 0.05) is 24.4 Å². The van der Waals surface area contributed by atoms with E-state index in [-0.39, 0.29) is 29.9 Å². The van der Waals surface area contributed by atoms with Crippen molar-refractivity contribution >= 4 is 28.7 Å². The fourth-order valence-corrected chi connectivity index (χ4v) is 2.59. The number of benzene rings is 2. The number of nitro groups is 1. The summed E-state index contributed by atoms with van der Waals surface area (Å²) in [6.07, 6.45) is -1.18. The molecule has 0 spiro atoms. The summed E-state index contributed by atoms with van der Waals surface area (Å²) in [6.45, 7) is 0.239. The van der Waals surface area contributed by atoms with Gasteiger partial charge in [0.1, 0.15) is 11.8 Å². The van der Waals surface area contributed by atoms with Crippen LogP contribution in [0.4, 0.5) is 22.7 Å². The predicted octanol–water partition coefficient (Wildman–Crippen LogP) is 3.14. The Kier molecular flexibility index (Phi) is 8.13. The number of azo groups is 1. The predicted molar refractivity (Wildman–Crippen MR) is 109 cm³/mol. The van der Waals surface area contributed by atoms with Crippen molar-refractivity contribution in [3.63, 3.8) is 0 Å². The van der Waals surface area contributed by atoms with Crippen molar-refractivity contribution in [1.82, 2.24) is 0 Å². The highest BCUT2D eigenvalue weighted by atomic mass is 16.6. The molecule has 0 amide bonds. The first-order valence-corrected chi connectivity index (χ1v) is 8.97. The lowest BCUT2D eigenvalue weighted by Crippen LogP contribution is -2.38. The van der Waals surface area contributed by atoms with Gasteiger partial charge in [0.15, 0.2) is 6.10 Å². The van der Waals surface area contributed by atoms with E-state index in [1.165, 1.54) is 19.2 Å². The van der Waals surface area contributed by atoms with E-state index in [4.69, 9.17) is 10.5 Å². The normalized spacial score (nSPS) is 11.4. The number of nitriles is 2. The standard InChI is InChI=1S/C20H18N6O5/c1-31-20(28)19(27)13-25(10-2-9-21)16-5-3-15(4-6-16)23-24-18-8-7-17(26(29)30)11-14(18)12-22/h3-8,11,19,27H,2,10,13H2,1H3. The second-order valence-electron chi connectivity index (χ2n) is 6.18. The number of nitro benzene ring substituents is 1. The number of methoxy groups -OCH3 is 1. The number of rotatable bonds is 9. The van der Waals surface area contributed by atoms with Crippen molar-refractivity contribution < 1.29 is 19.6 Å². The molecule has 158 valence electrons. The molecule has 2 aromatic rings. The third-order valence-electron chi connectivity index (χ3n) is 4.16. The van der Waals surface area contributed by atoms with Crippen LogP contribution in [0, 0.1) is 32.8 Å². The highest BCUT2D eigenvalue weighted by Gasteiger charge is 2.20. The molecule has 1 unspecified atom stereocenters. The van der Waals surface area contributed by atoms with Gasteiger partial charge in [-0.3, -0.25) is 10.1 Å². The van der Waals surface area contributed by atoms with Crippen molar-refractivity contribution in [2.75, 3.05) is 25.1 Å². The van der Waals surface area contributed by atoms with Crippen LogP contribution < -0.4 is 4.90 Å². The minimum atomic E-state index is -1.37. The number of hydrogen-bond donors (Lipinski definition) is 1.